The molecule has 2 heterocycles. The molecular formula is C14H26N6O. The molecule has 1 saturated heterocycles. The van der Waals surface area contributed by atoms with Crippen molar-refractivity contribution in [1.82, 2.24) is 19.9 Å². The molecule has 0 atom stereocenters. The van der Waals surface area contributed by atoms with E-state index in [0.29, 0.717) is 17.9 Å². The maximum atomic E-state index is 5.17. The molecule has 1 aromatic heterocycles. The summed E-state index contributed by atoms with van der Waals surface area (Å²) in [4.78, 5) is 17.5. The van der Waals surface area contributed by atoms with Crippen LogP contribution in [0.5, 0.6) is 6.01 Å². The SMILES string of the molecule is CCNc1nc(OC)nc(N2CCC(CN(C)C)CC2)n1. The standard InChI is InChI=1S/C14H26N6O/c1-5-15-12-16-13(18-14(17-12)21-4)20-8-6-11(7-9-20)10-19(2)3/h11H,5-10H2,1-4H3,(H,15,16,17,18). The van der Waals surface area contributed by atoms with Crippen LogP contribution in [-0.4, -0.2) is 67.2 Å². The second kappa shape index (κ2) is 7.40. The van der Waals surface area contributed by atoms with Crippen LogP contribution in [0, 0.1) is 5.92 Å². The summed E-state index contributed by atoms with van der Waals surface area (Å²) in [6.07, 6.45) is 2.34. The number of piperidine rings is 1. The third kappa shape index (κ3) is 4.42. The summed E-state index contributed by atoms with van der Waals surface area (Å²) in [7, 11) is 5.84. The van der Waals surface area contributed by atoms with Gasteiger partial charge in [0.25, 0.3) is 0 Å². The maximum Gasteiger partial charge on any atom is 0.322 e. The van der Waals surface area contributed by atoms with E-state index in [2.05, 4.69) is 44.2 Å². The van der Waals surface area contributed by atoms with Crippen molar-refractivity contribution in [2.75, 3.05) is 57.6 Å². The van der Waals surface area contributed by atoms with Gasteiger partial charge in [-0.1, -0.05) is 0 Å². The Morgan fingerprint density at radius 1 is 1.24 bits per heavy atom. The molecule has 7 nitrogen and oxygen atoms in total. The largest absolute Gasteiger partial charge is 0.467 e. The van der Waals surface area contributed by atoms with Gasteiger partial charge in [-0.05, 0) is 39.8 Å². The van der Waals surface area contributed by atoms with Crippen LogP contribution in [0.25, 0.3) is 0 Å². The number of nitrogens with zero attached hydrogens (tertiary/aromatic N) is 5. The van der Waals surface area contributed by atoms with Gasteiger partial charge >= 0.3 is 6.01 Å². The number of rotatable bonds is 6. The average molecular weight is 294 g/mol. The fraction of sp³-hybridized carbons (Fsp3) is 0.786. The van der Waals surface area contributed by atoms with Crippen molar-refractivity contribution in [1.29, 1.82) is 0 Å². The summed E-state index contributed by atoms with van der Waals surface area (Å²) in [6, 6.07) is 0.367. The second-order valence-corrected chi connectivity index (χ2v) is 5.67. The van der Waals surface area contributed by atoms with E-state index in [4.69, 9.17) is 4.74 Å². The third-order valence-electron chi connectivity index (χ3n) is 3.64. The molecule has 1 aliphatic rings. The highest BCUT2D eigenvalue weighted by molar-refractivity contribution is 5.38. The Hall–Kier alpha value is -1.63. The van der Waals surface area contributed by atoms with E-state index < -0.39 is 0 Å². The van der Waals surface area contributed by atoms with Gasteiger partial charge in [0, 0.05) is 26.2 Å². The number of methoxy groups -OCH3 is 1. The first-order valence-electron chi connectivity index (χ1n) is 7.56. The Kier molecular flexibility index (Phi) is 5.55. The van der Waals surface area contributed by atoms with Gasteiger partial charge in [0.2, 0.25) is 11.9 Å². The molecule has 0 unspecified atom stereocenters. The molecule has 2 rings (SSSR count). The van der Waals surface area contributed by atoms with Crippen LogP contribution in [0.2, 0.25) is 0 Å². The van der Waals surface area contributed by atoms with Crippen molar-refractivity contribution in [2.24, 2.45) is 5.92 Å². The minimum Gasteiger partial charge on any atom is -0.467 e. The first kappa shape index (κ1) is 15.8. The number of hydrogen-bond acceptors (Lipinski definition) is 7. The minimum absolute atomic E-state index is 0.367. The lowest BCUT2D eigenvalue weighted by atomic mass is 9.97. The lowest BCUT2D eigenvalue weighted by Gasteiger charge is -2.33. The van der Waals surface area contributed by atoms with Crippen LogP contribution in [0.15, 0.2) is 0 Å². The Balaban J connectivity index is 2.03. The first-order chi connectivity index (χ1) is 10.1. The van der Waals surface area contributed by atoms with E-state index in [-0.39, 0.29) is 0 Å². The molecule has 0 aromatic carbocycles. The number of anilines is 2. The molecule has 0 spiro atoms. The topological polar surface area (TPSA) is 66.4 Å². The highest BCUT2D eigenvalue weighted by Gasteiger charge is 2.22. The first-order valence-corrected chi connectivity index (χ1v) is 7.56. The van der Waals surface area contributed by atoms with E-state index in [0.717, 1.165) is 32.1 Å². The molecule has 0 radical (unpaired) electrons. The zero-order valence-electron chi connectivity index (χ0n) is 13.5. The molecule has 0 aliphatic carbocycles. The van der Waals surface area contributed by atoms with Crippen molar-refractivity contribution in [3.05, 3.63) is 0 Å². The van der Waals surface area contributed by atoms with E-state index in [9.17, 15) is 0 Å². The Morgan fingerprint density at radius 2 is 1.95 bits per heavy atom. The predicted molar refractivity (Wildman–Crippen MR) is 84.0 cm³/mol. The molecular weight excluding hydrogens is 268 g/mol. The molecule has 118 valence electrons. The normalized spacial score (nSPS) is 16.3. The van der Waals surface area contributed by atoms with Gasteiger partial charge in [-0.25, -0.2) is 0 Å². The van der Waals surface area contributed by atoms with Crippen molar-refractivity contribution in [2.45, 2.75) is 19.8 Å². The van der Waals surface area contributed by atoms with Crippen molar-refractivity contribution in [3.8, 4) is 6.01 Å². The van der Waals surface area contributed by atoms with Crippen molar-refractivity contribution >= 4 is 11.9 Å². The highest BCUT2D eigenvalue weighted by Crippen LogP contribution is 2.22. The molecule has 0 saturated carbocycles. The van der Waals surface area contributed by atoms with Crippen molar-refractivity contribution < 1.29 is 4.74 Å². The molecule has 1 N–H and O–H groups in total. The van der Waals surface area contributed by atoms with Crippen LogP contribution in [0.3, 0.4) is 0 Å². The van der Waals surface area contributed by atoms with Gasteiger partial charge < -0.3 is 19.9 Å². The van der Waals surface area contributed by atoms with Crippen LogP contribution in [-0.2, 0) is 0 Å². The van der Waals surface area contributed by atoms with Gasteiger partial charge in [-0.3, -0.25) is 0 Å². The molecule has 0 bridgehead atoms. The smallest absolute Gasteiger partial charge is 0.322 e. The minimum atomic E-state index is 0.367. The maximum absolute atomic E-state index is 5.17. The zero-order chi connectivity index (χ0) is 15.2. The molecule has 0 amide bonds. The van der Waals surface area contributed by atoms with Crippen LogP contribution < -0.4 is 15.0 Å². The quantitative estimate of drug-likeness (QED) is 0.842. The lowest BCUT2D eigenvalue weighted by Crippen LogP contribution is -2.38. The number of aromatic nitrogens is 3. The van der Waals surface area contributed by atoms with Gasteiger partial charge in [-0.2, -0.15) is 15.0 Å². The van der Waals surface area contributed by atoms with E-state index >= 15 is 0 Å². The predicted octanol–water partition coefficient (Wildman–Crippen LogP) is 1.09. The summed E-state index contributed by atoms with van der Waals surface area (Å²) in [5.41, 5.74) is 0. The second-order valence-electron chi connectivity index (χ2n) is 5.67. The monoisotopic (exact) mass is 294 g/mol. The Labute approximate surface area is 126 Å². The van der Waals surface area contributed by atoms with Crippen molar-refractivity contribution in [3.63, 3.8) is 0 Å². The lowest BCUT2D eigenvalue weighted by molar-refractivity contribution is 0.284. The molecule has 1 aromatic rings. The number of nitrogens with one attached hydrogen (secondary N) is 1. The number of ether oxygens (including phenoxy) is 1. The Morgan fingerprint density at radius 3 is 2.52 bits per heavy atom. The molecule has 1 fully saturated rings. The fourth-order valence-corrected chi connectivity index (χ4v) is 2.65. The third-order valence-corrected chi connectivity index (χ3v) is 3.64. The molecule has 7 heteroatoms. The van der Waals surface area contributed by atoms with Gasteiger partial charge in [0.05, 0.1) is 7.11 Å². The van der Waals surface area contributed by atoms with Gasteiger partial charge in [0.1, 0.15) is 0 Å². The molecule has 1 aliphatic heterocycles. The van der Waals surface area contributed by atoms with E-state index in [1.54, 1.807) is 7.11 Å². The van der Waals surface area contributed by atoms with E-state index in [1.165, 1.54) is 12.8 Å². The summed E-state index contributed by atoms with van der Waals surface area (Å²) in [5, 5.41) is 3.12. The van der Waals surface area contributed by atoms with Gasteiger partial charge in [0.15, 0.2) is 0 Å². The Bertz CT molecular complexity index is 445. The van der Waals surface area contributed by atoms with Crippen LogP contribution in [0.4, 0.5) is 11.9 Å². The summed E-state index contributed by atoms with van der Waals surface area (Å²) in [6.45, 7) is 5.91. The summed E-state index contributed by atoms with van der Waals surface area (Å²) in [5.74, 6) is 2.05. The van der Waals surface area contributed by atoms with Crippen LogP contribution >= 0.6 is 0 Å². The summed E-state index contributed by atoms with van der Waals surface area (Å²) >= 11 is 0. The van der Waals surface area contributed by atoms with E-state index in [1.807, 2.05) is 6.92 Å². The van der Waals surface area contributed by atoms with Gasteiger partial charge in [-0.15, -0.1) is 0 Å². The fourth-order valence-electron chi connectivity index (χ4n) is 2.65. The number of hydrogen-bond donors (Lipinski definition) is 1. The molecule has 21 heavy (non-hydrogen) atoms. The average Bonchev–Trinajstić information content (AvgIpc) is 2.47. The van der Waals surface area contributed by atoms with Crippen LogP contribution in [0.1, 0.15) is 19.8 Å². The zero-order valence-corrected chi connectivity index (χ0v) is 13.5. The highest BCUT2D eigenvalue weighted by atomic mass is 16.5. The summed E-state index contributed by atoms with van der Waals surface area (Å²) < 4.78 is 5.17.